The van der Waals surface area contributed by atoms with Crippen molar-refractivity contribution in [1.29, 1.82) is 0 Å². The van der Waals surface area contributed by atoms with E-state index in [1.165, 1.54) is 0 Å². The van der Waals surface area contributed by atoms with Crippen LogP contribution >= 0.6 is 0 Å². The van der Waals surface area contributed by atoms with Crippen LogP contribution in [0.2, 0.25) is 0 Å². The van der Waals surface area contributed by atoms with E-state index in [9.17, 15) is 0 Å². The molecule has 0 aliphatic heterocycles. The van der Waals surface area contributed by atoms with Crippen molar-refractivity contribution in [2.45, 2.75) is 0 Å². The number of hydrogen-bond acceptors (Lipinski definition) is 3. The Morgan fingerprint density at radius 3 is 3.18 bits per heavy atom. The smallest absolute Gasteiger partial charge is 0.151 e. The van der Waals surface area contributed by atoms with Gasteiger partial charge in [0, 0.05) is 0 Å². The highest BCUT2D eigenvalue weighted by Crippen LogP contribution is 2.10. The Hall–Kier alpha value is -1.65. The third-order valence-electron chi connectivity index (χ3n) is 1.57. The first-order valence-corrected chi connectivity index (χ1v) is 3.17. The standard InChI is InChI=1S/C6H8N4O/c1-11-10-3-2-5-6(7)8-4-9(5)10/h2-4H,7H2,1H3. The van der Waals surface area contributed by atoms with Crippen molar-refractivity contribution in [2.24, 2.45) is 0 Å². The number of rotatable bonds is 1. The van der Waals surface area contributed by atoms with Crippen LogP contribution in [0.1, 0.15) is 0 Å². The van der Waals surface area contributed by atoms with Crippen molar-refractivity contribution in [3.8, 4) is 0 Å². The van der Waals surface area contributed by atoms with Crippen molar-refractivity contribution in [1.82, 2.24) is 14.3 Å². The summed E-state index contributed by atoms with van der Waals surface area (Å²) in [6.07, 6.45) is 3.38. The Labute approximate surface area is 62.9 Å². The second-order valence-corrected chi connectivity index (χ2v) is 2.16. The number of imidazole rings is 1. The van der Waals surface area contributed by atoms with Gasteiger partial charge in [-0.05, 0) is 6.07 Å². The lowest BCUT2D eigenvalue weighted by Gasteiger charge is -1.99. The summed E-state index contributed by atoms with van der Waals surface area (Å²) in [5.41, 5.74) is 6.40. The fraction of sp³-hybridized carbons (Fsp3) is 0.167. The first kappa shape index (κ1) is 6.09. The van der Waals surface area contributed by atoms with Crippen molar-refractivity contribution in [3.63, 3.8) is 0 Å². The van der Waals surface area contributed by atoms with E-state index in [2.05, 4.69) is 4.98 Å². The van der Waals surface area contributed by atoms with Crippen LogP contribution in [0.15, 0.2) is 18.6 Å². The van der Waals surface area contributed by atoms with E-state index in [-0.39, 0.29) is 0 Å². The summed E-state index contributed by atoms with van der Waals surface area (Å²) in [6.45, 7) is 0. The number of anilines is 1. The minimum absolute atomic E-state index is 0.515. The Kier molecular flexibility index (Phi) is 1.06. The molecular formula is C6H8N4O. The predicted molar refractivity (Wildman–Crippen MR) is 40.1 cm³/mol. The maximum Gasteiger partial charge on any atom is 0.151 e. The van der Waals surface area contributed by atoms with Crippen LogP contribution in [0.25, 0.3) is 5.52 Å². The zero-order valence-electron chi connectivity index (χ0n) is 6.06. The molecule has 0 fully saturated rings. The molecule has 0 saturated heterocycles. The molecule has 0 radical (unpaired) electrons. The van der Waals surface area contributed by atoms with Gasteiger partial charge < -0.3 is 10.6 Å². The summed E-state index contributed by atoms with van der Waals surface area (Å²) < 4.78 is 1.72. The highest BCUT2D eigenvalue weighted by atomic mass is 16.7. The number of hydrogen-bond donors (Lipinski definition) is 1. The van der Waals surface area contributed by atoms with E-state index >= 15 is 0 Å². The molecule has 5 nitrogen and oxygen atoms in total. The lowest BCUT2D eigenvalue weighted by Crippen LogP contribution is -2.09. The first-order valence-electron chi connectivity index (χ1n) is 3.17. The van der Waals surface area contributed by atoms with Gasteiger partial charge in [0.05, 0.1) is 6.20 Å². The zero-order valence-corrected chi connectivity index (χ0v) is 6.06. The van der Waals surface area contributed by atoms with Crippen LogP contribution in [-0.2, 0) is 0 Å². The fourth-order valence-corrected chi connectivity index (χ4v) is 1.04. The third kappa shape index (κ3) is 0.674. The van der Waals surface area contributed by atoms with Crippen molar-refractivity contribution >= 4 is 11.3 Å². The van der Waals surface area contributed by atoms with Crippen LogP contribution in [0.4, 0.5) is 5.82 Å². The molecule has 58 valence electrons. The highest BCUT2D eigenvalue weighted by Gasteiger charge is 2.02. The topological polar surface area (TPSA) is 57.5 Å². The van der Waals surface area contributed by atoms with Crippen LogP contribution in [0, 0.1) is 0 Å². The molecule has 0 atom stereocenters. The third-order valence-corrected chi connectivity index (χ3v) is 1.57. The molecule has 0 aromatic carbocycles. The molecule has 0 spiro atoms. The van der Waals surface area contributed by atoms with Gasteiger partial charge in [0.25, 0.3) is 0 Å². The zero-order chi connectivity index (χ0) is 7.84. The summed E-state index contributed by atoms with van der Waals surface area (Å²) in [6, 6.07) is 1.84. The van der Waals surface area contributed by atoms with Gasteiger partial charge in [0.1, 0.15) is 19.0 Å². The van der Waals surface area contributed by atoms with Gasteiger partial charge in [-0.15, -0.1) is 4.85 Å². The first-order chi connectivity index (χ1) is 5.33. The van der Waals surface area contributed by atoms with Gasteiger partial charge in [-0.3, -0.25) is 0 Å². The van der Waals surface area contributed by atoms with Crippen LogP contribution < -0.4 is 10.6 Å². The van der Waals surface area contributed by atoms with E-state index in [0.717, 1.165) is 5.52 Å². The molecule has 0 saturated carbocycles. The highest BCUT2D eigenvalue weighted by molar-refractivity contribution is 5.64. The van der Waals surface area contributed by atoms with Gasteiger partial charge >= 0.3 is 0 Å². The number of nitrogens with zero attached hydrogens (tertiary/aromatic N) is 3. The maximum absolute atomic E-state index is 5.54. The summed E-state index contributed by atoms with van der Waals surface area (Å²) in [5.74, 6) is 0.515. The molecule has 0 amide bonds. The van der Waals surface area contributed by atoms with Gasteiger partial charge in [-0.25, -0.2) is 9.50 Å². The van der Waals surface area contributed by atoms with Gasteiger partial charge in [0.2, 0.25) is 0 Å². The number of aromatic nitrogens is 3. The fourth-order valence-electron chi connectivity index (χ4n) is 1.04. The molecule has 2 N–H and O–H groups in total. The molecule has 5 heteroatoms. The van der Waals surface area contributed by atoms with E-state index in [1.807, 2.05) is 6.07 Å². The van der Waals surface area contributed by atoms with Crippen LogP contribution in [-0.4, -0.2) is 21.5 Å². The quantitative estimate of drug-likeness (QED) is 0.614. The van der Waals surface area contributed by atoms with E-state index < -0.39 is 0 Å². The minimum atomic E-state index is 0.515. The molecule has 2 rings (SSSR count). The predicted octanol–water partition coefficient (Wildman–Crippen LogP) is -0.224. The average Bonchev–Trinajstić information content (AvgIpc) is 2.53. The van der Waals surface area contributed by atoms with Crippen LogP contribution in [0.3, 0.4) is 0 Å². The van der Waals surface area contributed by atoms with E-state index in [1.54, 1.807) is 29.0 Å². The summed E-state index contributed by atoms with van der Waals surface area (Å²) in [7, 11) is 1.58. The second kappa shape index (κ2) is 1.91. The molecule has 0 bridgehead atoms. The van der Waals surface area contributed by atoms with Crippen molar-refractivity contribution in [2.75, 3.05) is 12.8 Å². The molecule has 0 aliphatic rings. The summed E-state index contributed by atoms with van der Waals surface area (Å²) in [5, 5.41) is 0. The lowest BCUT2D eigenvalue weighted by molar-refractivity contribution is 0.123. The molecule has 2 aromatic rings. The Morgan fingerprint density at radius 2 is 2.45 bits per heavy atom. The largest absolute Gasteiger partial charge is 0.401 e. The van der Waals surface area contributed by atoms with Gasteiger partial charge in [-0.2, -0.15) is 0 Å². The van der Waals surface area contributed by atoms with E-state index in [0.29, 0.717) is 5.82 Å². The SMILES string of the molecule is COn1ccc2c(N)ncn21. The number of nitrogens with two attached hydrogens (primary N) is 1. The lowest BCUT2D eigenvalue weighted by atomic mass is 10.5. The van der Waals surface area contributed by atoms with Crippen LogP contribution in [0.5, 0.6) is 0 Å². The van der Waals surface area contributed by atoms with Gasteiger partial charge in [0.15, 0.2) is 5.82 Å². The molecule has 2 heterocycles. The average molecular weight is 152 g/mol. The number of nitrogen functional groups attached to an aromatic ring is 1. The molecule has 2 aromatic heterocycles. The molecule has 0 aliphatic carbocycles. The van der Waals surface area contributed by atoms with Crippen molar-refractivity contribution in [3.05, 3.63) is 18.6 Å². The normalized spacial score (nSPS) is 10.6. The Bertz CT molecular complexity index is 375. The maximum atomic E-state index is 5.54. The summed E-state index contributed by atoms with van der Waals surface area (Å²) >= 11 is 0. The monoisotopic (exact) mass is 152 g/mol. The Morgan fingerprint density at radius 1 is 1.64 bits per heavy atom. The van der Waals surface area contributed by atoms with Crippen molar-refractivity contribution < 1.29 is 4.84 Å². The van der Waals surface area contributed by atoms with E-state index in [4.69, 9.17) is 10.6 Å². The minimum Gasteiger partial charge on any atom is -0.401 e. The Balaban J connectivity index is 2.77. The molecule has 0 unspecified atom stereocenters. The number of fused-ring (bicyclic) bond motifs is 1. The molecule has 11 heavy (non-hydrogen) atoms. The second-order valence-electron chi connectivity index (χ2n) is 2.16. The molecular weight excluding hydrogens is 144 g/mol. The summed E-state index contributed by atoms with van der Waals surface area (Å²) in [4.78, 5) is 10.4. The van der Waals surface area contributed by atoms with Gasteiger partial charge in [-0.1, -0.05) is 0 Å².